The number of nitrogens with one attached hydrogen (secondary N) is 1. The highest BCUT2D eigenvalue weighted by Crippen LogP contribution is 2.11. The molecule has 1 saturated heterocycles. The monoisotopic (exact) mass is 228 g/mol. The van der Waals surface area contributed by atoms with E-state index in [1.807, 2.05) is 6.92 Å². The molecule has 94 valence electrons. The van der Waals surface area contributed by atoms with Crippen LogP contribution in [0.25, 0.3) is 0 Å². The summed E-state index contributed by atoms with van der Waals surface area (Å²) in [5.74, 6) is -0.0437. The Morgan fingerprint density at radius 1 is 1.38 bits per heavy atom. The Kier molecular flexibility index (Phi) is 6.42. The van der Waals surface area contributed by atoms with Gasteiger partial charge in [0, 0.05) is 26.2 Å². The summed E-state index contributed by atoms with van der Waals surface area (Å²) < 4.78 is 5.15. The molecule has 0 aromatic rings. The molecule has 1 aliphatic rings. The molecule has 16 heavy (non-hydrogen) atoms. The molecule has 1 heterocycles. The minimum atomic E-state index is -0.0437. The number of carbonyl (C=O) groups is 1. The lowest BCUT2D eigenvalue weighted by Crippen LogP contribution is -2.51. The van der Waals surface area contributed by atoms with E-state index in [1.54, 1.807) is 0 Å². The molecule has 0 aromatic heterocycles. The van der Waals surface area contributed by atoms with Crippen molar-refractivity contribution in [2.75, 3.05) is 32.8 Å². The maximum atomic E-state index is 11.9. The van der Waals surface area contributed by atoms with Gasteiger partial charge in [0.2, 0.25) is 0 Å². The lowest BCUT2D eigenvalue weighted by Gasteiger charge is -2.33. The molecule has 4 heteroatoms. The van der Waals surface area contributed by atoms with Gasteiger partial charge >= 0.3 is 5.97 Å². The number of hydrogen-bond donors (Lipinski definition) is 1. The molecule has 1 fully saturated rings. The summed E-state index contributed by atoms with van der Waals surface area (Å²) in [4.78, 5) is 14.1. The first-order valence-corrected chi connectivity index (χ1v) is 6.41. The summed E-state index contributed by atoms with van der Waals surface area (Å²) in [5, 5.41) is 3.30. The smallest absolute Gasteiger partial charge is 0.323 e. The number of nitrogens with zero attached hydrogens (tertiary/aromatic N) is 1. The molecular formula is C12H24N2O2. The van der Waals surface area contributed by atoms with Gasteiger partial charge in [-0.25, -0.2) is 0 Å². The average molecular weight is 228 g/mol. The van der Waals surface area contributed by atoms with E-state index in [1.165, 1.54) is 0 Å². The number of ether oxygens (including phenoxy) is 1. The Labute approximate surface area is 98.3 Å². The van der Waals surface area contributed by atoms with E-state index in [2.05, 4.69) is 17.1 Å². The summed E-state index contributed by atoms with van der Waals surface area (Å²) in [7, 11) is 0. The van der Waals surface area contributed by atoms with Crippen LogP contribution in [0.15, 0.2) is 0 Å². The summed E-state index contributed by atoms with van der Waals surface area (Å²) in [5.41, 5.74) is 0. The zero-order chi connectivity index (χ0) is 11.8. The van der Waals surface area contributed by atoms with Gasteiger partial charge in [-0.3, -0.25) is 9.69 Å². The summed E-state index contributed by atoms with van der Waals surface area (Å²) in [6.07, 6.45) is 3.14. The molecular weight excluding hydrogens is 204 g/mol. The normalized spacial score (nSPS) is 19.4. The van der Waals surface area contributed by atoms with Crippen LogP contribution in [-0.2, 0) is 9.53 Å². The predicted molar refractivity (Wildman–Crippen MR) is 64.4 cm³/mol. The van der Waals surface area contributed by atoms with E-state index >= 15 is 0 Å². The first kappa shape index (κ1) is 13.5. The van der Waals surface area contributed by atoms with Crippen molar-refractivity contribution >= 4 is 5.97 Å². The number of rotatable bonds is 6. The minimum Gasteiger partial charge on any atom is -0.465 e. The molecule has 4 nitrogen and oxygen atoms in total. The number of carbonyl (C=O) groups excluding carboxylic acids is 1. The van der Waals surface area contributed by atoms with E-state index in [-0.39, 0.29) is 12.0 Å². The van der Waals surface area contributed by atoms with Gasteiger partial charge in [0.1, 0.15) is 6.04 Å². The molecule has 0 spiro atoms. The SMILES string of the molecule is CCCCC(C(=O)OCC)N1CCNCC1. The van der Waals surface area contributed by atoms with Crippen molar-refractivity contribution in [1.82, 2.24) is 10.2 Å². The second-order valence-electron chi connectivity index (χ2n) is 4.20. The molecule has 0 bridgehead atoms. The van der Waals surface area contributed by atoms with Crippen molar-refractivity contribution in [2.45, 2.75) is 39.2 Å². The van der Waals surface area contributed by atoms with Gasteiger partial charge in [-0.15, -0.1) is 0 Å². The lowest BCUT2D eigenvalue weighted by molar-refractivity contribution is -0.150. The first-order valence-electron chi connectivity index (χ1n) is 6.41. The Morgan fingerprint density at radius 3 is 2.62 bits per heavy atom. The fourth-order valence-electron chi connectivity index (χ4n) is 2.08. The second kappa shape index (κ2) is 7.63. The third-order valence-corrected chi connectivity index (χ3v) is 2.98. The maximum Gasteiger partial charge on any atom is 0.323 e. The first-order chi connectivity index (χ1) is 7.79. The zero-order valence-electron chi connectivity index (χ0n) is 10.5. The van der Waals surface area contributed by atoms with Crippen molar-refractivity contribution in [3.8, 4) is 0 Å². The number of esters is 1. The Balaban J connectivity index is 2.50. The molecule has 0 saturated carbocycles. The highest BCUT2D eigenvalue weighted by atomic mass is 16.5. The average Bonchev–Trinajstić information content (AvgIpc) is 2.31. The van der Waals surface area contributed by atoms with Crippen molar-refractivity contribution in [3.05, 3.63) is 0 Å². The highest BCUT2D eigenvalue weighted by molar-refractivity contribution is 5.75. The van der Waals surface area contributed by atoms with Crippen LogP contribution in [0.1, 0.15) is 33.1 Å². The zero-order valence-corrected chi connectivity index (χ0v) is 10.5. The van der Waals surface area contributed by atoms with Crippen LogP contribution in [0.2, 0.25) is 0 Å². The summed E-state index contributed by atoms with van der Waals surface area (Å²) in [6.45, 7) is 8.35. The predicted octanol–water partition coefficient (Wildman–Crippen LogP) is 1.01. The molecule has 0 amide bonds. The Bertz CT molecular complexity index is 203. The van der Waals surface area contributed by atoms with Crippen molar-refractivity contribution in [2.24, 2.45) is 0 Å². The molecule has 0 radical (unpaired) electrons. The van der Waals surface area contributed by atoms with Gasteiger partial charge in [-0.1, -0.05) is 19.8 Å². The van der Waals surface area contributed by atoms with E-state index in [0.717, 1.165) is 45.4 Å². The van der Waals surface area contributed by atoms with E-state index in [0.29, 0.717) is 6.61 Å². The van der Waals surface area contributed by atoms with Gasteiger partial charge < -0.3 is 10.1 Å². The summed E-state index contributed by atoms with van der Waals surface area (Å²) in [6, 6.07) is -0.0259. The van der Waals surface area contributed by atoms with E-state index < -0.39 is 0 Å². The lowest BCUT2D eigenvalue weighted by atomic mass is 10.1. The molecule has 1 rings (SSSR count). The highest BCUT2D eigenvalue weighted by Gasteiger charge is 2.27. The van der Waals surface area contributed by atoms with Gasteiger partial charge in [0.15, 0.2) is 0 Å². The van der Waals surface area contributed by atoms with Crippen LogP contribution >= 0.6 is 0 Å². The summed E-state index contributed by atoms with van der Waals surface area (Å²) >= 11 is 0. The number of hydrogen-bond acceptors (Lipinski definition) is 4. The van der Waals surface area contributed by atoms with Gasteiger partial charge in [-0.05, 0) is 13.3 Å². The molecule has 1 atom stereocenters. The molecule has 1 N–H and O–H groups in total. The topological polar surface area (TPSA) is 41.6 Å². The largest absolute Gasteiger partial charge is 0.465 e. The van der Waals surface area contributed by atoms with Crippen LogP contribution < -0.4 is 5.32 Å². The van der Waals surface area contributed by atoms with Crippen molar-refractivity contribution in [1.29, 1.82) is 0 Å². The number of unbranched alkanes of at least 4 members (excludes halogenated alkanes) is 1. The van der Waals surface area contributed by atoms with Crippen LogP contribution in [0, 0.1) is 0 Å². The second-order valence-corrected chi connectivity index (χ2v) is 4.20. The van der Waals surface area contributed by atoms with Crippen LogP contribution in [-0.4, -0.2) is 49.7 Å². The molecule has 0 aromatic carbocycles. The quantitative estimate of drug-likeness (QED) is 0.689. The fraction of sp³-hybridized carbons (Fsp3) is 0.917. The number of piperazine rings is 1. The molecule has 1 unspecified atom stereocenters. The molecule has 0 aliphatic carbocycles. The minimum absolute atomic E-state index is 0.0259. The Hall–Kier alpha value is -0.610. The van der Waals surface area contributed by atoms with Crippen molar-refractivity contribution in [3.63, 3.8) is 0 Å². The molecule has 1 aliphatic heterocycles. The Morgan fingerprint density at radius 2 is 2.06 bits per heavy atom. The third kappa shape index (κ3) is 4.10. The van der Waals surface area contributed by atoms with E-state index in [4.69, 9.17) is 4.74 Å². The fourth-order valence-corrected chi connectivity index (χ4v) is 2.08. The van der Waals surface area contributed by atoms with Crippen LogP contribution in [0.4, 0.5) is 0 Å². The third-order valence-electron chi connectivity index (χ3n) is 2.98. The standard InChI is InChI=1S/C12H24N2O2/c1-3-5-6-11(12(15)16-4-2)14-9-7-13-8-10-14/h11,13H,3-10H2,1-2H3. The van der Waals surface area contributed by atoms with Crippen LogP contribution in [0.5, 0.6) is 0 Å². The van der Waals surface area contributed by atoms with Gasteiger partial charge in [0.05, 0.1) is 6.61 Å². The van der Waals surface area contributed by atoms with Crippen molar-refractivity contribution < 1.29 is 9.53 Å². The van der Waals surface area contributed by atoms with Gasteiger partial charge in [-0.2, -0.15) is 0 Å². The van der Waals surface area contributed by atoms with E-state index in [9.17, 15) is 4.79 Å². The van der Waals surface area contributed by atoms with Crippen LogP contribution in [0.3, 0.4) is 0 Å². The van der Waals surface area contributed by atoms with Gasteiger partial charge in [0.25, 0.3) is 0 Å². The maximum absolute atomic E-state index is 11.9.